The van der Waals surface area contributed by atoms with Gasteiger partial charge in [0.25, 0.3) is 0 Å². The van der Waals surface area contributed by atoms with Crippen LogP contribution in [0.4, 0.5) is 39.5 Å². The zero-order valence-electron chi connectivity index (χ0n) is 21.5. The summed E-state index contributed by atoms with van der Waals surface area (Å²) in [4.78, 5) is 17.2. The topological polar surface area (TPSA) is 52.3 Å². The van der Waals surface area contributed by atoms with Crippen LogP contribution in [0, 0.1) is 18.6 Å². The molecule has 4 aromatic rings. The largest absolute Gasteiger partial charge is 0.461 e. The monoisotopic (exact) mass is 601 g/mol. The summed E-state index contributed by atoms with van der Waals surface area (Å²) in [6.45, 7) is 1.09. The fourth-order valence-corrected chi connectivity index (χ4v) is 4.62. The van der Waals surface area contributed by atoms with E-state index in [0.717, 1.165) is 31.2 Å². The number of aromatic nitrogens is 1. The summed E-state index contributed by atoms with van der Waals surface area (Å²) in [6.07, 6.45) is -15.6. The van der Waals surface area contributed by atoms with Crippen molar-refractivity contribution in [3.63, 3.8) is 0 Å². The van der Waals surface area contributed by atoms with Crippen LogP contribution in [0.15, 0.2) is 77.2 Å². The van der Waals surface area contributed by atoms with Crippen molar-refractivity contribution in [3.05, 3.63) is 118 Å². The Labute approximate surface area is 232 Å². The van der Waals surface area contributed by atoms with E-state index in [4.69, 9.17) is 0 Å². The highest BCUT2D eigenvalue weighted by Crippen LogP contribution is 2.43. The van der Waals surface area contributed by atoms with E-state index in [0.29, 0.717) is 11.6 Å². The van der Waals surface area contributed by atoms with Gasteiger partial charge in [0.2, 0.25) is 5.76 Å². The second-order valence-electron chi connectivity index (χ2n) is 9.40. The molecule has 0 amide bonds. The number of Topliss-reactive ketones (excluding diaryl/α,β-unsaturated/α-hetero) is 1. The predicted molar refractivity (Wildman–Crippen MR) is 130 cm³/mol. The van der Waals surface area contributed by atoms with E-state index in [1.165, 1.54) is 12.1 Å². The van der Waals surface area contributed by atoms with Crippen LogP contribution in [-0.4, -0.2) is 23.3 Å². The van der Waals surface area contributed by atoms with Gasteiger partial charge >= 0.3 is 18.7 Å². The molecule has 0 fully saturated rings. The van der Waals surface area contributed by atoms with Gasteiger partial charge in [-0.1, -0.05) is 42.5 Å². The number of ether oxygens (including phenoxy) is 1. The Kier molecular flexibility index (Phi) is 8.42. The number of halogens is 9. The van der Waals surface area contributed by atoms with Gasteiger partial charge < -0.3 is 9.15 Å². The quantitative estimate of drug-likeness (QED) is 0.136. The Morgan fingerprint density at radius 1 is 0.881 bits per heavy atom. The number of oxazole rings is 1. The summed E-state index contributed by atoms with van der Waals surface area (Å²) in [5.41, 5.74) is -2.77. The second kappa shape index (κ2) is 11.5. The molecule has 0 spiro atoms. The van der Waals surface area contributed by atoms with E-state index in [1.807, 2.05) is 0 Å². The summed E-state index contributed by atoms with van der Waals surface area (Å²) >= 11 is 0. The number of carbonyl (C=O) groups excluding carboxylic acids is 1. The molecule has 0 radical (unpaired) electrons. The Morgan fingerprint density at radius 3 is 2.12 bits per heavy atom. The molecular formula is C29H20F9NO3. The molecule has 0 bridgehead atoms. The van der Waals surface area contributed by atoms with Gasteiger partial charge in [-0.15, -0.1) is 0 Å². The number of aryl methyl sites for hydroxylation is 1. The molecule has 0 aliphatic heterocycles. The van der Waals surface area contributed by atoms with Crippen LogP contribution in [0.3, 0.4) is 0 Å². The van der Waals surface area contributed by atoms with Crippen LogP contribution < -0.4 is 4.74 Å². The Morgan fingerprint density at radius 2 is 1.52 bits per heavy atom. The lowest BCUT2D eigenvalue weighted by atomic mass is 9.67. The highest BCUT2D eigenvalue weighted by molar-refractivity contribution is 5.96. The highest BCUT2D eigenvalue weighted by Gasteiger charge is 2.46. The molecule has 0 unspecified atom stereocenters. The lowest BCUT2D eigenvalue weighted by Crippen LogP contribution is -2.35. The van der Waals surface area contributed by atoms with Gasteiger partial charge in [0.05, 0.1) is 0 Å². The number of carbonyl (C=O) groups is 1. The van der Waals surface area contributed by atoms with Gasteiger partial charge in [-0.05, 0) is 47.4 Å². The van der Waals surface area contributed by atoms with Crippen molar-refractivity contribution < 1.29 is 53.5 Å². The predicted octanol–water partition coefficient (Wildman–Crippen LogP) is 8.32. The summed E-state index contributed by atoms with van der Waals surface area (Å²) in [5, 5.41) is 0. The van der Waals surface area contributed by atoms with Gasteiger partial charge in [-0.2, -0.15) is 30.7 Å². The lowest BCUT2D eigenvalue weighted by Gasteiger charge is -2.35. The molecule has 3 aromatic carbocycles. The SMILES string of the molecule is Cc1nc(C(=O)C[C@](Cc2ccccc2)(c2ccc(F)cc2)c2cc(F)cc(OC(F)(F)C(F)F)c2)c(C(F)(F)F)o1. The normalized spacial score (nSPS) is 13.7. The second-order valence-corrected chi connectivity index (χ2v) is 9.40. The van der Waals surface area contributed by atoms with E-state index in [2.05, 4.69) is 14.1 Å². The number of nitrogens with zero attached hydrogens (tertiary/aromatic N) is 1. The standard InChI is InChI=1S/C29H20F9NO3/c1-16-39-24(25(41-16)28(34,35)36)23(40)15-27(14-17-5-3-2-4-6-17,18-7-9-20(30)10-8-18)19-11-21(31)13-22(12-19)42-29(37,38)26(32)33/h2-13,26H,14-15H2,1H3/t27-/m1/s1. The fourth-order valence-electron chi connectivity index (χ4n) is 4.62. The summed E-state index contributed by atoms with van der Waals surface area (Å²) in [6, 6.07) is 14.3. The van der Waals surface area contributed by atoms with Crippen molar-refractivity contribution in [1.82, 2.24) is 4.98 Å². The summed E-state index contributed by atoms with van der Waals surface area (Å²) in [7, 11) is 0. The van der Waals surface area contributed by atoms with Gasteiger partial charge in [-0.3, -0.25) is 4.79 Å². The molecule has 0 aliphatic rings. The van der Waals surface area contributed by atoms with Crippen molar-refractivity contribution in [3.8, 4) is 5.75 Å². The molecular weight excluding hydrogens is 581 g/mol. The van der Waals surface area contributed by atoms with Gasteiger partial charge in [0.15, 0.2) is 17.4 Å². The average molecular weight is 601 g/mol. The fraction of sp³-hybridized carbons (Fsp3) is 0.241. The van der Waals surface area contributed by atoms with E-state index in [1.54, 1.807) is 30.3 Å². The summed E-state index contributed by atoms with van der Waals surface area (Å²) in [5.74, 6) is -6.41. The third-order valence-electron chi connectivity index (χ3n) is 6.40. The first-order chi connectivity index (χ1) is 19.6. The van der Waals surface area contributed by atoms with E-state index in [-0.39, 0.29) is 17.5 Å². The van der Waals surface area contributed by atoms with Crippen LogP contribution in [-0.2, 0) is 18.0 Å². The number of rotatable bonds is 10. The number of benzene rings is 3. The van der Waals surface area contributed by atoms with Crippen molar-refractivity contribution in [2.75, 3.05) is 0 Å². The molecule has 42 heavy (non-hydrogen) atoms. The lowest BCUT2D eigenvalue weighted by molar-refractivity contribution is -0.253. The molecule has 13 heteroatoms. The molecule has 1 atom stereocenters. The first kappa shape index (κ1) is 30.7. The zero-order chi connectivity index (χ0) is 30.9. The van der Waals surface area contributed by atoms with E-state index in [9.17, 15) is 44.3 Å². The minimum Gasteiger partial charge on any atom is -0.436 e. The Bertz CT molecular complexity index is 1550. The minimum atomic E-state index is -5.12. The Hall–Kier alpha value is -4.29. The zero-order valence-corrected chi connectivity index (χ0v) is 21.5. The number of hydrogen-bond acceptors (Lipinski definition) is 4. The van der Waals surface area contributed by atoms with Gasteiger partial charge in [-0.25, -0.2) is 13.8 Å². The maximum Gasteiger partial charge on any atom is 0.461 e. The van der Waals surface area contributed by atoms with Crippen molar-refractivity contribution in [2.24, 2.45) is 0 Å². The van der Waals surface area contributed by atoms with Crippen molar-refractivity contribution in [2.45, 2.75) is 43.9 Å². The minimum absolute atomic E-state index is 0.0621. The highest BCUT2D eigenvalue weighted by atomic mass is 19.4. The molecule has 4 nitrogen and oxygen atoms in total. The third kappa shape index (κ3) is 6.60. The molecule has 1 heterocycles. The molecule has 222 valence electrons. The van der Waals surface area contributed by atoms with E-state index < -0.39 is 71.1 Å². The molecule has 0 N–H and O–H groups in total. The molecule has 0 aliphatic carbocycles. The maximum absolute atomic E-state index is 14.9. The van der Waals surface area contributed by atoms with Crippen molar-refractivity contribution >= 4 is 5.78 Å². The number of ketones is 1. The van der Waals surface area contributed by atoms with Crippen LogP contribution >= 0.6 is 0 Å². The van der Waals surface area contributed by atoms with Gasteiger partial charge in [0.1, 0.15) is 17.4 Å². The molecule has 0 saturated carbocycles. The number of hydrogen-bond donors (Lipinski definition) is 0. The molecule has 4 rings (SSSR count). The van der Waals surface area contributed by atoms with Crippen LogP contribution in [0.5, 0.6) is 5.75 Å². The molecule has 0 saturated heterocycles. The maximum atomic E-state index is 14.9. The smallest absolute Gasteiger partial charge is 0.436 e. The van der Waals surface area contributed by atoms with Crippen molar-refractivity contribution in [1.29, 1.82) is 0 Å². The van der Waals surface area contributed by atoms with Crippen LogP contribution in [0.25, 0.3) is 0 Å². The van der Waals surface area contributed by atoms with Crippen LogP contribution in [0.2, 0.25) is 0 Å². The third-order valence-corrected chi connectivity index (χ3v) is 6.40. The number of alkyl halides is 7. The first-order valence-electron chi connectivity index (χ1n) is 12.1. The van der Waals surface area contributed by atoms with Crippen LogP contribution in [0.1, 0.15) is 45.3 Å². The average Bonchev–Trinajstić information content (AvgIpc) is 3.31. The molecule has 1 aromatic heterocycles. The van der Waals surface area contributed by atoms with Gasteiger partial charge in [0, 0.05) is 24.8 Å². The first-order valence-corrected chi connectivity index (χ1v) is 12.1. The summed E-state index contributed by atoms with van der Waals surface area (Å²) < 4.78 is 132. The van der Waals surface area contributed by atoms with E-state index >= 15 is 0 Å². The Balaban J connectivity index is 1.97.